The molecule has 0 aromatic heterocycles. The molecule has 0 spiro atoms. The van der Waals surface area contributed by atoms with Gasteiger partial charge in [0.05, 0.1) is 5.92 Å². The average molecular weight is 550 g/mol. The molecule has 2 heterocycles. The fraction of sp³-hybridized carbons (Fsp3) is 0.414. The molecule has 2 saturated heterocycles. The summed E-state index contributed by atoms with van der Waals surface area (Å²) in [6, 6.07) is 17.6. The minimum atomic E-state index is -0.951. The smallest absolute Gasteiger partial charge is 0.437 e. The zero-order valence-electron chi connectivity index (χ0n) is 22.4. The lowest BCUT2D eigenvalue weighted by atomic mass is 9.85. The van der Waals surface area contributed by atoms with Crippen molar-refractivity contribution in [3.05, 3.63) is 71.8 Å². The number of likely N-dealkylation sites (tertiary alicyclic amines) is 1. The van der Waals surface area contributed by atoms with Crippen LogP contribution in [0.25, 0.3) is 0 Å². The molecule has 212 valence electrons. The van der Waals surface area contributed by atoms with Gasteiger partial charge < -0.3 is 25.4 Å². The Morgan fingerprint density at radius 3 is 2.12 bits per heavy atom. The maximum atomic E-state index is 13.0. The van der Waals surface area contributed by atoms with Crippen molar-refractivity contribution in [2.75, 3.05) is 19.6 Å². The van der Waals surface area contributed by atoms with Crippen LogP contribution >= 0.6 is 0 Å². The van der Waals surface area contributed by atoms with Crippen LogP contribution in [0.2, 0.25) is 0 Å². The topological polar surface area (TPSA) is 144 Å². The summed E-state index contributed by atoms with van der Waals surface area (Å²) in [5, 5.41) is 2.72. The summed E-state index contributed by atoms with van der Waals surface area (Å²) >= 11 is 0. The van der Waals surface area contributed by atoms with Gasteiger partial charge >= 0.3 is 12.2 Å². The minimum absolute atomic E-state index is 0.000646. The number of aliphatic imine (C=N–C) groups is 1. The Kier molecular flexibility index (Phi) is 10.1. The van der Waals surface area contributed by atoms with E-state index in [0.29, 0.717) is 25.9 Å². The van der Waals surface area contributed by atoms with E-state index in [-0.39, 0.29) is 37.5 Å². The van der Waals surface area contributed by atoms with Gasteiger partial charge in [-0.1, -0.05) is 60.7 Å². The summed E-state index contributed by atoms with van der Waals surface area (Å²) in [7, 11) is 0. The van der Waals surface area contributed by atoms with Crippen molar-refractivity contribution < 1.29 is 28.7 Å². The summed E-state index contributed by atoms with van der Waals surface area (Å²) in [6.45, 7) is 1.43. The molecular formula is C29H35N5O6. The number of carbonyl (C=O) groups is 4. The van der Waals surface area contributed by atoms with Crippen molar-refractivity contribution in [1.29, 1.82) is 0 Å². The molecule has 2 aliphatic heterocycles. The van der Waals surface area contributed by atoms with Crippen molar-refractivity contribution in [3.8, 4) is 0 Å². The first kappa shape index (κ1) is 28.6. The largest absolute Gasteiger partial charge is 0.444 e. The lowest BCUT2D eigenvalue weighted by Gasteiger charge is -2.40. The predicted octanol–water partition coefficient (Wildman–Crippen LogP) is 3.18. The Balaban J connectivity index is 1.36. The van der Waals surface area contributed by atoms with Crippen LogP contribution in [-0.2, 0) is 32.3 Å². The number of rotatable bonds is 9. The second-order valence-electron chi connectivity index (χ2n) is 9.82. The van der Waals surface area contributed by atoms with Crippen LogP contribution in [0.15, 0.2) is 65.7 Å². The molecule has 2 atom stereocenters. The quantitative estimate of drug-likeness (QED) is 0.278. The monoisotopic (exact) mass is 549 g/mol. The number of nitrogens with two attached hydrogens (primary N) is 1. The summed E-state index contributed by atoms with van der Waals surface area (Å²) < 4.78 is 10.6. The Labute approximate surface area is 233 Å². The molecule has 0 radical (unpaired) electrons. The molecule has 2 aromatic rings. The molecule has 2 unspecified atom stereocenters. The Morgan fingerprint density at radius 1 is 0.925 bits per heavy atom. The Bertz CT molecular complexity index is 1200. The summed E-state index contributed by atoms with van der Waals surface area (Å²) in [5.41, 5.74) is 7.61. The summed E-state index contributed by atoms with van der Waals surface area (Å²) in [4.78, 5) is 57.0. The minimum Gasteiger partial charge on any atom is -0.444 e. The summed E-state index contributed by atoms with van der Waals surface area (Å²) in [5.74, 6) is -1.13. The number of hydrogen-bond acceptors (Lipinski definition) is 6. The number of ether oxygens (including phenoxy) is 2. The highest BCUT2D eigenvalue weighted by Gasteiger charge is 2.45. The normalized spacial score (nSPS) is 18.8. The molecule has 4 amide bonds. The van der Waals surface area contributed by atoms with E-state index in [2.05, 4.69) is 10.3 Å². The zero-order valence-corrected chi connectivity index (χ0v) is 22.4. The molecule has 0 aliphatic carbocycles. The first-order valence-corrected chi connectivity index (χ1v) is 13.5. The molecule has 2 aliphatic rings. The van der Waals surface area contributed by atoms with Gasteiger partial charge in [0, 0.05) is 19.6 Å². The van der Waals surface area contributed by atoms with E-state index in [4.69, 9.17) is 15.2 Å². The number of benzene rings is 2. The third kappa shape index (κ3) is 7.81. The molecule has 0 bridgehead atoms. The van der Waals surface area contributed by atoms with Gasteiger partial charge in [0.15, 0.2) is 0 Å². The number of guanidine groups is 1. The second-order valence-corrected chi connectivity index (χ2v) is 9.82. The van der Waals surface area contributed by atoms with Crippen LogP contribution in [0, 0.1) is 5.92 Å². The number of nitrogens with zero attached hydrogens (tertiary/aromatic N) is 3. The van der Waals surface area contributed by atoms with E-state index in [1.54, 1.807) is 17.0 Å². The van der Waals surface area contributed by atoms with Gasteiger partial charge in [0.25, 0.3) is 0 Å². The third-order valence-electron chi connectivity index (χ3n) is 6.98. The highest BCUT2D eigenvalue weighted by atomic mass is 16.6. The molecule has 11 nitrogen and oxygen atoms in total. The van der Waals surface area contributed by atoms with Crippen LogP contribution < -0.4 is 11.1 Å². The predicted molar refractivity (Wildman–Crippen MR) is 147 cm³/mol. The number of piperidine rings is 1. The van der Waals surface area contributed by atoms with Crippen molar-refractivity contribution in [2.45, 2.75) is 51.4 Å². The molecule has 3 N–H and O–H groups in total. The standard InChI is InChI=1S/C29H35N5O6/c30-27(32-28(37)39-19-21-11-4-1-5-12-21)34(29(38)40-20-22-13-6-2-7-14-22)18-10-15-23-24(31-25(23)35)26(36)33-16-8-3-9-17-33/h1-2,4-7,11-14,23-24H,3,8-10,15-20H2,(H,31,35)(H2,30,32,37). The van der Waals surface area contributed by atoms with Crippen molar-refractivity contribution >= 4 is 30.0 Å². The molecule has 2 fully saturated rings. The Morgan fingerprint density at radius 2 is 1.52 bits per heavy atom. The molecule has 11 heteroatoms. The highest BCUT2D eigenvalue weighted by Crippen LogP contribution is 2.24. The Hall–Kier alpha value is -4.41. The number of hydrogen-bond donors (Lipinski definition) is 2. The van der Waals surface area contributed by atoms with Crippen LogP contribution in [0.5, 0.6) is 0 Å². The van der Waals surface area contributed by atoms with Crippen LogP contribution in [0.3, 0.4) is 0 Å². The van der Waals surface area contributed by atoms with Crippen molar-refractivity contribution in [2.24, 2.45) is 16.6 Å². The van der Waals surface area contributed by atoms with Gasteiger partial charge in [-0.25, -0.2) is 14.5 Å². The maximum absolute atomic E-state index is 13.0. The number of amides is 4. The van der Waals surface area contributed by atoms with E-state index in [1.807, 2.05) is 48.5 Å². The fourth-order valence-electron chi connectivity index (χ4n) is 4.73. The SMILES string of the molecule is N/C(=N/C(=O)OCc1ccccc1)N(CCCC1C(=O)NC1C(=O)N1CCCCC1)C(=O)OCc1ccccc1. The molecule has 0 saturated carbocycles. The van der Waals surface area contributed by atoms with E-state index >= 15 is 0 Å². The highest BCUT2D eigenvalue weighted by molar-refractivity contribution is 5.99. The first-order chi connectivity index (χ1) is 19.4. The van der Waals surface area contributed by atoms with Crippen LogP contribution in [0.4, 0.5) is 9.59 Å². The van der Waals surface area contributed by atoms with E-state index in [1.165, 1.54) is 0 Å². The average Bonchev–Trinajstić information content (AvgIpc) is 2.98. The summed E-state index contributed by atoms with van der Waals surface area (Å²) in [6.07, 6.45) is 1.96. The van der Waals surface area contributed by atoms with Crippen LogP contribution in [0.1, 0.15) is 43.2 Å². The third-order valence-corrected chi connectivity index (χ3v) is 6.98. The molecule has 4 rings (SSSR count). The van der Waals surface area contributed by atoms with Gasteiger partial charge in [0.2, 0.25) is 17.8 Å². The molecule has 2 aromatic carbocycles. The second kappa shape index (κ2) is 14.1. The van der Waals surface area contributed by atoms with E-state index in [9.17, 15) is 19.2 Å². The maximum Gasteiger partial charge on any atom is 0.437 e. The number of nitrogens with one attached hydrogen (secondary N) is 1. The van der Waals surface area contributed by atoms with Gasteiger partial charge in [-0.3, -0.25) is 9.59 Å². The van der Waals surface area contributed by atoms with E-state index in [0.717, 1.165) is 35.3 Å². The lowest BCUT2D eigenvalue weighted by molar-refractivity contribution is -0.149. The van der Waals surface area contributed by atoms with E-state index < -0.39 is 24.1 Å². The van der Waals surface area contributed by atoms with Crippen LogP contribution in [-0.4, -0.2) is 65.4 Å². The van der Waals surface area contributed by atoms with Crippen molar-refractivity contribution in [1.82, 2.24) is 15.1 Å². The molecule has 40 heavy (non-hydrogen) atoms. The number of carbonyl (C=O) groups excluding carboxylic acids is 4. The van der Waals surface area contributed by atoms with Gasteiger partial charge in [-0.15, -0.1) is 4.99 Å². The van der Waals surface area contributed by atoms with Gasteiger partial charge in [-0.2, -0.15) is 0 Å². The fourth-order valence-corrected chi connectivity index (χ4v) is 4.73. The van der Waals surface area contributed by atoms with Gasteiger partial charge in [0.1, 0.15) is 19.3 Å². The number of β-lactam (4-membered cyclic amide) rings is 1. The molecular weight excluding hydrogens is 514 g/mol. The van der Waals surface area contributed by atoms with Crippen molar-refractivity contribution in [3.63, 3.8) is 0 Å². The lowest BCUT2D eigenvalue weighted by Crippen LogP contribution is -2.65. The first-order valence-electron chi connectivity index (χ1n) is 13.5. The van der Waals surface area contributed by atoms with Gasteiger partial charge in [-0.05, 0) is 43.2 Å². The zero-order chi connectivity index (χ0) is 28.3.